The minimum Gasteiger partial charge on any atom is -0.484 e. The summed E-state index contributed by atoms with van der Waals surface area (Å²) < 4.78 is 5.61. The molecule has 4 nitrogen and oxygen atoms in total. The lowest BCUT2D eigenvalue weighted by molar-refractivity contribution is -0.139. The molecule has 2 rings (SSSR count). The summed E-state index contributed by atoms with van der Waals surface area (Å²) in [5.41, 5.74) is 0.807. The van der Waals surface area contributed by atoms with Crippen LogP contribution in [0.3, 0.4) is 0 Å². The standard InChI is InChI=1S/C11H12ClNO3/c1-6-9(5-10(14)15)16-11-7(12)3-2-4-8(11)13-6/h2-4,6,9,13H,5H2,1H3,(H,14,15). The largest absolute Gasteiger partial charge is 0.484 e. The van der Waals surface area contributed by atoms with Crippen LogP contribution in [-0.2, 0) is 4.79 Å². The smallest absolute Gasteiger partial charge is 0.307 e. The van der Waals surface area contributed by atoms with Crippen LogP contribution in [0.1, 0.15) is 13.3 Å². The third-order valence-electron chi connectivity index (χ3n) is 2.55. The highest BCUT2D eigenvalue weighted by atomic mass is 35.5. The number of benzene rings is 1. The lowest BCUT2D eigenvalue weighted by atomic mass is 10.1. The quantitative estimate of drug-likeness (QED) is 0.835. The van der Waals surface area contributed by atoms with Crippen LogP contribution in [0, 0.1) is 0 Å². The van der Waals surface area contributed by atoms with Gasteiger partial charge in [-0.2, -0.15) is 0 Å². The fourth-order valence-electron chi connectivity index (χ4n) is 1.72. The van der Waals surface area contributed by atoms with E-state index < -0.39 is 12.1 Å². The van der Waals surface area contributed by atoms with Gasteiger partial charge in [-0.1, -0.05) is 17.7 Å². The molecular formula is C11H12ClNO3. The van der Waals surface area contributed by atoms with Crippen molar-refractivity contribution in [1.29, 1.82) is 0 Å². The third-order valence-corrected chi connectivity index (χ3v) is 2.85. The molecule has 0 amide bonds. The molecule has 0 fully saturated rings. The lowest BCUT2D eigenvalue weighted by Crippen LogP contribution is -2.40. The van der Waals surface area contributed by atoms with E-state index in [1.807, 2.05) is 19.1 Å². The second-order valence-electron chi connectivity index (χ2n) is 3.80. The molecule has 0 saturated heterocycles. The molecule has 2 N–H and O–H groups in total. The van der Waals surface area contributed by atoms with Gasteiger partial charge in [0.1, 0.15) is 6.10 Å². The molecular weight excluding hydrogens is 230 g/mol. The first kappa shape index (κ1) is 11.1. The van der Waals surface area contributed by atoms with E-state index in [4.69, 9.17) is 21.4 Å². The molecule has 0 bridgehead atoms. The van der Waals surface area contributed by atoms with Crippen molar-refractivity contribution in [2.75, 3.05) is 5.32 Å². The van der Waals surface area contributed by atoms with Gasteiger partial charge in [-0.3, -0.25) is 4.79 Å². The van der Waals surface area contributed by atoms with Gasteiger partial charge in [-0.15, -0.1) is 0 Å². The highest BCUT2D eigenvalue weighted by Gasteiger charge is 2.29. The Morgan fingerprint density at radius 1 is 1.62 bits per heavy atom. The van der Waals surface area contributed by atoms with E-state index in [2.05, 4.69) is 5.32 Å². The zero-order valence-corrected chi connectivity index (χ0v) is 9.49. The van der Waals surface area contributed by atoms with Crippen LogP contribution in [0.4, 0.5) is 5.69 Å². The van der Waals surface area contributed by atoms with Crippen LogP contribution in [0.2, 0.25) is 5.02 Å². The average molecular weight is 242 g/mol. The molecule has 0 spiro atoms. The number of para-hydroxylation sites is 1. The number of fused-ring (bicyclic) bond motifs is 1. The van der Waals surface area contributed by atoms with E-state index in [1.165, 1.54) is 0 Å². The van der Waals surface area contributed by atoms with Crippen LogP contribution < -0.4 is 10.1 Å². The Morgan fingerprint density at radius 2 is 2.38 bits per heavy atom. The van der Waals surface area contributed by atoms with E-state index in [9.17, 15) is 4.79 Å². The molecule has 1 heterocycles. The summed E-state index contributed by atoms with van der Waals surface area (Å²) in [4.78, 5) is 10.7. The van der Waals surface area contributed by atoms with Crippen LogP contribution in [0.25, 0.3) is 0 Å². The van der Waals surface area contributed by atoms with Crippen molar-refractivity contribution in [3.05, 3.63) is 23.2 Å². The number of ether oxygens (including phenoxy) is 1. The SMILES string of the molecule is CC1Nc2cccc(Cl)c2OC1CC(=O)O. The van der Waals surface area contributed by atoms with Gasteiger partial charge in [0, 0.05) is 0 Å². The Hall–Kier alpha value is -1.42. The number of nitrogens with one attached hydrogen (secondary N) is 1. The number of halogens is 1. The molecule has 5 heteroatoms. The monoisotopic (exact) mass is 241 g/mol. The van der Waals surface area contributed by atoms with Gasteiger partial charge in [-0.05, 0) is 19.1 Å². The van der Waals surface area contributed by atoms with Crippen molar-refractivity contribution in [3.8, 4) is 5.75 Å². The topological polar surface area (TPSA) is 58.6 Å². The number of carboxylic acid groups (broad SMARTS) is 1. The molecule has 1 aromatic rings. The summed E-state index contributed by atoms with van der Waals surface area (Å²) in [6.45, 7) is 1.89. The Morgan fingerprint density at radius 3 is 3.06 bits per heavy atom. The van der Waals surface area contributed by atoms with Crippen molar-refractivity contribution in [2.24, 2.45) is 0 Å². The molecule has 0 radical (unpaired) electrons. The summed E-state index contributed by atoms with van der Waals surface area (Å²) in [5, 5.41) is 12.4. The van der Waals surface area contributed by atoms with E-state index in [0.717, 1.165) is 5.69 Å². The summed E-state index contributed by atoms with van der Waals surface area (Å²) in [6, 6.07) is 5.34. The Kier molecular flexibility index (Phi) is 2.92. The number of aliphatic carboxylic acids is 1. The Labute approximate surface area is 98.2 Å². The molecule has 2 unspecified atom stereocenters. The van der Waals surface area contributed by atoms with Crippen molar-refractivity contribution in [3.63, 3.8) is 0 Å². The number of anilines is 1. The summed E-state index contributed by atoms with van der Waals surface area (Å²) in [6.07, 6.45) is -0.441. The molecule has 0 aliphatic carbocycles. The minimum atomic E-state index is -0.880. The number of rotatable bonds is 2. The second-order valence-corrected chi connectivity index (χ2v) is 4.21. The van der Waals surface area contributed by atoms with Crippen molar-refractivity contribution >= 4 is 23.3 Å². The first-order chi connectivity index (χ1) is 7.58. The predicted octanol–water partition coefficient (Wildman–Crippen LogP) is 2.38. The molecule has 1 aromatic carbocycles. The van der Waals surface area contributed by atoms with Crippen molar-refractivity contribution < 1.29 is 14.6 Å². The molecule has 2 atom stereocenters. The maximum absolute atomic E-state index is 10.7. The lowest BCUT2D eigenvalue weighted by Gasteiger charge is -2.32. The summed E-state index contributed by atoms with van der Waals surface area (Å²) >= 11 is 5.98. The third kappa shape index (κ3) is 2.07. The van der Waals surface area contributed by atoms with Gasteiger partial charge in [0.15, 0.2) is 5.75 Å². The molecule has 86 valence electrons. The van der Waals surface area contributed by atoms with Crippen molar-refractivity contribution in [2.45, 2.75) is 25.5 Å². The molecule has 0 aromatic heterocycles. The second kappa shape index (κ2) is 4.22. The zero-order chi connectivity index (χ0) is 11.7. The van der Waals surface area contributed by atoms with Crippen molar-refractivity contribution in [1.82, 2.24) is 0 Å². The van der Waals surface area contributed by atoms with Crippen LogP contribution >= 0.6 is 11.6 Å². The van der Waals surface area contributed by atoms with Gasteiger partial charge in [-0.25, -0.2) is 0 Å². The number of hydrogen-bond donors (Lipinski definition) is 2. The molecule has 1 aliphatic heterocycles. The van der Waals surface area contributed by atoms with E-state index in [-0.39, 0.29) is 12.5 Å². The van der Waals surface area contributed by atoms with E-state index >= 15 is 0 Å². The van der Waals surface area contributed by atoms with Gasteiger partial charge in [0.2, 0.25) is 0 Å². The summed E-state index contributed by atoms with van der Waals surface area (Å²) in [5.74, 6) is -0.345. The maximum atomic E-state index is 10.7. The average Bonchev–Trinajstić information content (AvgIpc) is 2.20. The number of hydrogen-bond acceptors (Lipinski definition) is 3. The van der Waals surface area contributed by atoms with Gasteiger partial charge < -0.3 is 15.2 Å². The van der Waals surface area contributed by atoms with Gasteiger partial charge >= 0.3 is 5.97 Å². The summed E-state index contributed by atoms with van der Waals surface area (Å²) in [7, 11) is 0. The fraction of sp³-hybridized carbons (Fsp3) is 0.364. The molecule has 1 aliphatic rings. The number of carboxylic acids is 1. The maximum Gasteiger partial charge on any atom is 0.307 e. The zero-order valence-electron chi connectivity index (χ0n) is 8.74. The Balaban J connectivity index is 2.26. The normalized spacial score (nSPS) is 22.9. The molecule has 0 saturated carbocycles. The van der Waals surface area contributed by atoms with E-state index in [1.54, 1.807) is 6.07 Å². The van der Waals surface area contributed by atoms with Gasteiger partial charge in [0.25, 0.3) is 0 Å². The highest BCUT2D eigenvalue weighted by Crippen LogP contribution is 2.38. The highest BCUT2D eigenvalue weighted by molar-refractivity contribution is 6.32. The van der Waals surface area contributed by atoms with Crippen LogP contribution in [0.5, 0.6) is 5.75 Å². The first-order valence-corrected chi connectivity index (χ1v) is 5.39. The minimum absolute atomic E-state index is 0.0428. The fourth-order valence-corrected chi connectivity index (χ4v) is 1.94. The molecule has 16 heavy (non-hydrogen) atoms. The number of carbonyl (C=O) groups is 1. The van der Waals surface area contributed by atoms with E-state index in [0.29, 0.717) is 10.8 Å². The van der Waals surface area contributed by atoms with Crippen LogP contribution in [0.15, 0.2) is 18.2 Å². The predicted molar refractivity (Wildman–Crippen MR) is 61.2 cm³/mol. The van der Waals surface area contributed by atoms with Crippen LogP contribution in [-0.4, -0.2) is 23.2 Å². The van der Waals surface area contributed by atoms with Gasteiger partial charge in [0.05, 0.1) is 23.2 Å². The first-order valence-electron chi connectivity index (χ1n) is 5.01. The Bertz CT molecular complexity index is 422.